The van der Waals surface area contributed by atoms with Crippen LogP contribution in [0.25, 0.3) is 0 Å². The van der Waals surface area contributed by atoms with E-state index in [2.05, 4.69) is 5.32 Å². The maximum atomic E-state index is 13.4. The lowest BCUT2D eigenvalue weighted by Gasteiger charge is -2.38. The summed E-state index contributed by atoms with van der Waals surface area (Å²) in [5.74, 6) is -0.208. The van der Waals surface area contributed by atoms with Crippen LogP contribution in [0.15, 0.2) is 72.8 Å². The molecule has 1 atom stereocenters. The Labute approximate surface area is 166 Å². The van der Waals surface area contributed by atoms with Crippen LogP contribution in [0, 0.1) is 0 Å². The molecule has 3 aromatic carbocycles. The van der Waals surface area contributed by atoms with Gasteiger partial charge in [-0.2, -0.15) is 8.78 Å². The Balaban J connectivity index is 1.90. The number of rotatable bonds is 5. The number of ether oxygens (including phenoxy) is 2. The number of amides is 1. The second-order valence-electron chi connectivity index (χ2n) is 6.36. The van der Waals surface area contributed by atoms with Gasteiger partial charge in [0.15, 0.2) is 11.5 Å². The van der Waals surface area contributed by atoms with Gasteiger partial charge in [-0.3, -0.25) is 9.69 Å². The van der Waals surface area contributed by atoms with Crippen LogP contribution in [0.2, 0.25) is 0 Å². The molecule has 4 rings (SSSR count). The van der Waals surface area contributed by atoms with Crippen LogP contribution < -0.4 is 19.7 Å². The van der Waals surface area contributed by atoms with Crippen LogP contribution in [0.4, 0.5) is 20.2 Å². The summed E-state index contributed by atoms with van der Waals surface area (Å²) in [6.45, 7) is -3.04. The number of alkyl halides is 2. The number of anilines is 2. The van der Waals surface area contributed by atoms with Gasteiger partial charge in [0.2, 0.25) is 0 Å². The Morgan fingerprint density at radius 1 is 0.966 bits per heavy atom. The van der Waals surface area contributed by atoms with Gasteiger partial charge in [0.25, 0.3) is 5.91 Å². The number of hydrogen-bond donors (Lipinski definition) is 1. The second kappa shape index (κ2) is 7.79. The Hall–Kier alpha value is -3.61. The van der Waals surface area contributed by atoms with Crippen LogP contribution >= 0.6 is 0 Å². The van der Waals surface area contributed by atoms with E-state index in [4.69, 9.17) is 9.47 Å². The molecule has 5 nitrogen and oxygen atoms in total. The molecule has 7 heteroatoms. The van der Waals surface area contributed by atoms with E-state index in [1.807, 2.05) is 18.2 Å². The Morgan fingerprint density at radius 2 is 1.69 bits per heavy atom. The molecule has 0 spiro atoms. The molecule has 1 aliphatic heterocycles. The van der Waals surface area contributed by atoms with E-state index < -0.39 is 12.8 Å². The number of nitrogens with one attached hydrogen (secondary N) is 1. The summed E-state index contributed by atoms with van der Waals surface area (Å²) in [6, 6.07) is 20.9. The number of carbonyl (C=O) groups is 1. The van der Waals surface area contributed by atoms with Crippen molar-refractivity contribution in [2.24, 2.45) is 0 Å². The summed E-state index contributed by atoms with van der Waals surface area (Å²) in [4.78, 5) is 14.9. The predicted octanol–water partition coefficient (Wildman–Crippen LogP) is 5.07. The Morgan fingerprint density at radius 3 is 2.41 bits per heavy atom. The smallest absolute Gasteiger partial charge is 0.387 e. The van der Waals surface area contributed by atoms with Gasteiger partial charge in [-0.25, -0.2) is 0 Å². The fourth-order valence-corrected chi connectivity index (χ4v) is 3.45. The third-order valence-electron chi connectivity index (χ3n) is 4.69. The fourth-order valence-electron chi connectivity index (χ4n) is 3.45. The molecule has 3 aromatic rings. The fraction of sp³-hybridized carbons (Fsp3) is 0.136. The summed E-state index contributed by atoms with van der Waals surface area (Å²) in [7, 11) is 1.38. The lowest BCUT2D eigenvalue weighted by atomic mass is 10.0. The first-order valence-corrected chi connectivity index (χ1v) is 8.96. The summed E-state index contributed by atoms with van der Waals surface area (Å²) in [6.07, 6.45) is -0.774. The molecular formula is C22H18F2N2O3. The maximum Gasteiger partial charge on any atom is 0.387 e. The number of halogens is 2. The normalized spacial score (nSPS) is 15.7. The minimum Gasteiger partial charge on any atom is -0.493 e. The summed E-state index contributed by atoms with van der Waals surface area (Å²) in [5, 5.41) is 3.28. The molecule has 29 heavy (non-hydrogen) atoms. The molecule has 0 radical (unpaired) electrons. The average Bonchev–Trinajstić information content (AvgIpc) is 2.74. The third kappa shape index (κ3) is 3.47. The van der Waals surface area contributed by atoms with Crippen LogP contribution in [0.3, 0.4) is 0 Å². The molecule has 0 unspecified atom stereocenters. The molecule has 1 aliphatic rings. The number of carbonyl (C=O) groups excluding carboxylic acids is 1. The summed E-state index contributed by atoms with van der Waals surface area (Å²) >= 11 is 0. The second-order valence-corrected chi connectivity index (χ2v) is 6.36. The zero-order chi connectivity index (χ0) is 20.4. The highest BCUT2D eigenvalue weighted by Crippen LogP contribution is 2.43. The molecule has 1 N–H and O–H groups in total. The van der Waals surface area contributed by atoms with Gasteiger partial charge in [0, 0.05) is 16.9 Å². The molecule has 0 aromatic heterocycles. The van der Waals surface area contributed by atoms with Crippen LogP contribution in [0.1, 0.15) is 22.1 Å². The van der Waals surface area contributed by atoms with Gasteiger partial charge in [-0.15, -0.1) is 0 Å². The number of nitrogens with zero attached hydrogens (tertiary/aromatic N) is 1. The highest BCUT2D eigenvalue weighted by Gasteiger charge is 2.36. The highest BCUT2D eigenvalue weighted by molar-refractivity contribution is 6.12. The van der Waals surface area contributed by atoms with E-state index in [9.17, 15) is 13.6 Å². The minimum absolute atomic E-state index is 0.115. The molecule has 0 fully saturated rings. The summed E-state index contributed by atoms with van der Waals surface area (Å²) in [5.41, 5.74) is 2.08. The van der Waals surface area contributed by atoms with E-state index in [1.165, 1.54) is 18.1 Å². The largest absolute Gasteiger partial charge is 0.493 e. The Bertz CT molecular complexity index is 1030. The van der Waals surface area contributed by atoms with Crippen molar-refractivity contribution in [2.75, 3.05) is 17.3 Å². The van der Waals surface area contributed by atoms with E-state index in [-0.39, 0.29) is 17.4 Å². The molecule has 1 amide bonds. The van der Waals surface area contributed by atoms with Gasteiger partial charge in [-0.05, 0) is 30.3 Å². The first-order chi connectivity index (χ1) is 14.1. The maximum absolute atomic E-state index is 13.4. The van der Waals surface area contributed by atoms with Gasteiger partial charge in [0.1, 0.15) is 6.17 Å². The lowest BCUT2D eigenvalue weighted by Crippen LogP contribution is -2.43. The lowest BCUT2D eigenvalue weighted by molar-refractivity contribution is -0.0519. The first-order valence-electron chi connectivity index (χ1n) is 8.96. The van der Waals surface area contributed by atoms with E-state index in [1.54, 1.807) is 48.5 Å². The van der Waals surface area contributed by atoms with E-state index in [0.717, 1.165) is 0 Å². The topological polar surface area (TPSA) is 50.8 Å². The minimum atomic E-state index is -3.04. The number of para-hydroxylation sites is 3. The first kappa shape index (κ1) is 18.7. The highest BCUT2D eigenvalue weighted by atomic mass is 19.3. The van der Waals surface area contributed by atoms with Crippen molar-refractivity contribution >= 4 is 17.3 Å². The van der Waals surface area contributed by atoms with Gasteiger partial charge < -0.3 is 14.8 Å². The zero-order valence-corrected chi connectivity index (χ0v) is 15.5. The standard InChI is InChI=1S/C22H18F2N2O3/c1-28-18-13-7-11-16(19(18)29-22(23)24)20-25-17-12-6-5-10-15(17)21(27)26(20)14-8-3-2-4-9-14/h2-13,20,22,25H,1H3/t20-/m0/s1. The van der Waals surface area contributed by atoms with Crippen LogP contribution in [0.5, 0.6) is 11.5 Å². The zero-order valence-electron chi connectivity index (χ0n) is 15.5. The van der Waals surface area contributed by atoms with E-state index in [0.29, 0.717) is 22.5 Å². The van der Waals surface area contributed by atoms with Crippen LogP contribution in [-0.4, -0.2) is 19.6 Å². The van der Waals surface area contributed by atoms with Crippen molar-refractivity contribution in [2.45, 2.75) is 12.8 Å². The van der Waals surface area contributed by atoms with Crippen molar-refractivity contribution in [3.05, 3.63) is 83.9 Å². The quantitative estimate of drug-likeness (QED) is 0.654. The van der Waals surface area contributed by atoms with Crippen LogP contribution in [-0.2, 0) is 0 Å². The van der Waals surface area contributed by atoms with E-state index >= 15 is 0 Å². The molecule has 0 bridgehead atoms. The molecule has 1 heterocycles. The van der Waals surface area contributed by atoms with Crippen molar-refractivity contribution in [1.29, 1.82) is 0 Å². The number of benzene rings is 3. The number of hydrogen-bond acceptors (Lipinski definition) is 4. The molecule has 0 saturated carbocycles. The summed E-state index contributed by atoms with van der Waals surface area (Å²) < 4.78 is 36.3. The molecule has 148 valence electrons. The van der Waals surface area contributed by atoms with Crippen molar-refractivity contribution < 1.29 is 23.0 Å². The molecular weight excluding hydrogens is 378 g/mol. The third-order valence-corrected chi connectivity index (χ3v) is 4.69. The van der Waals surface area contributed by atoms with Crippen molar-refractivity contribution in [3.8, 4) is 11.5 Å². The monoisotopic (exact) mass is 396 g/mol. The average molecular weight is 396 g/mol. The van der Waals surface area contributed by atoms with Gasteiger partial charge >= 0.3 is 6.61 Å². The predicted molar refractivity (Wildman–Crippen MR) is 106 cm³/mol. The molecule has 0 aliphatic carbocycles. The van der Waals surface area contributed by atoms with Crippen molar-refractivity contribution in [3.63, 3.8) is 0 Å². The van der Waals surface area contributed by atoms with Crippen molar-refractivity contribution in [1.82, 2.24) is 0 Å². The van der Waals surface area contributed by atoms with Gasteiger partial charge in [-0.1, -0.05) is 42.5 Å². The number of fused-ring (bicyclic) bond motifs is 1. The SMILES string of the molecule is COc1cccc([C@H]2Nc3ccccc3C(=O)N2c2ccccc2)c1OC(F)F. The molecule has 0 saturated heterocycles. The Kier molecular flexibility index (Phi) is 5.03. The van der Waals surface area contributed by atoms with Gasteiger partial charge in [0.05, 0.1) is 12.7 Å². The number of methoxy groups -OCH3 is 1.